The number of hydrogen-bond donors (Lipinski definition) is 1. The van der Waals surface area contributed by atoms with Crippen LogP contribution in [0.15, 0.2) is 24.3 Å². The summed E-state index contributed by atoms with van der Waals surface area (Å²) in [5.41, 5.74) is 3.15. The van der Waals surface area contributed by atoms with Gasteiger partial charge in [-0.05, 0) is 23.6 Å². The molecule has 0 aliphatic heterocycles. The number of aliphatic carboxylic acids is 1. The molecule has 1 aliphatic rings. The largest absolute Gasteiger partial charge is 0.481 e. The predicted molar refractivity (Wildman–Crippen MR) is 66.0 cm³/mol. The van der Waals surface area contributed by atoms with Gasteiger partial charge in [-0.2, -0.15) is 0 Å². The van der Waals surface area contributed by atoms with Crippen LogP contribution in [-0.4, -0.2) is 24.3 Å². The Hall–Kier alpha value is -1.61. The third-order valence-corrected chi connectivity index (χ3v) is 3.25. The van der Waals surface area contributed by atoms with Crippen LogP contribution in [-0.2, 0) is 16.0 Å². The van der Waals surface area contributed by atoms with Crippen molar-refractivity contribution in [1.29, 1.82) is 0 Å². The van der Waals surface area contributed by atoms with Gasteiger partial charge >= 0.3 is 5.97 Å². The first-order chi connectivity index (χ1) is 8.11. The van der Waals surface area contributed by atoms with Crippen molar-refractivity contribution in [2.24, 2.45) is 0 Å². The number of carboxylic acids is 1. The van der Waals surface area contributed by atoms with E-state index in [1.54, 1.807) is 14.0 Å². The average Bonchev–Trinajstić information content (AvgIpc) is 2.36. The summed E-state index contributed by atoms with van der Waals surface area (Å²) in [7, 11) is 1.70. The van der Waals surface area contributed by atoms with Crippen molar-refractivity contribution < 1.29 is 14.6 Å². The molecular weight excluding hydrogens is 216 g/mol. The van der Waals surface area contributed by atoms with E-state index in [1.165, 1.54) is 5.56 Å². The molecule has 0 bridgehead atoms. The molecule has 0 amide bonds. The topological polar surface area (TPSA) is 46.5 Å². The van der Waals surface area contributed by atoms with E-state index in [0.717, 1.165) is 17.5 Å². The van der Waals surface area contributed by atoms with Crippen LogP contribution in [0, 0.1) is 0 Å². The number of benzene rings is 1. The van der Waals surface area contributed by atoms with E-state index in [1.807, 2.05) is 30.4 Å². The van der Waals surface area contributed by atoms with Crippen molar-refractivity contribution >= 4 is 12.0 Å². The first-order valence-electron chi connectivity index (χ1n) is 5.68. The summed E-state index contributed by atoms with van der Waals surface area (Å²) in [6, 6.07) is 5.85. The van der Waals surface area contributed by atoms with E-state index in [2.05, 4.69) is 0 Å². The smallest absolute Gasteiger partial charge is 0.310 e. The number of carbonyl (C=O) groups is 1. The summed E-state index contributed by atoms with van der Waals surface area (Å²) in [6.45, 7) is 1.70. The fourth-order valence-electron chi connectivity index (χ4n) is 2.02. The molecule has 0 saturated carbocycles. The molecule has 2 rings (SSSR count). The van der Waals surface area contributed by atoms with E-state index in [4.69, 9.17) is 9.84 Å². The van der Waals surface area contributed by atoms with Crippen molar-refractivity contribution in [3.8, 4) is 0 Å². The fourth-order valence-corrected chi connectivity index (χ4v) is 2.02. The van der Waals surface area contributed by atoms with Gasteiger partial charge in [0.25, 0.3) is 0 Å². The Balaban J connectivity index is 2.30. The molecule has 0 spiro atoms. The zero-order valence-electron chi connectivity index (χ0n) is 10.0. The normalized spacial score (nSPS) is 19.8. The quantitative estimate of drug-likeness (QED) is 0.870. The second-order valence-corrected chi connectivity index (χ2v) is 4.36. The average molecular weight is 232 g/mol. The number of methoxy groups -OCH3 is 1. The van der Waals surface area contributed by atoms with Crippen LogP contribution in [0.2, 0.25) is 0 Å². The van der Waals surface area contributed by atoms with Crippen LogP contribution < -0.4 is 0 Å². The molecule has 0 fully saturated rings. The molecule has 1 aromatic carbocycles. The second kappa shape index (κ2) is 4.72. The summed E-state index contributed by atoms with van der Waals surface area (Å²) in [4.78, 5) is 10.9. The van der Waals surface area contributed by atoms with E-state index >= 15 is 0 Å². The van der Waals surface area contributed by atoms with Gasteiger partial charge < -0.3 is 9.84 Å². The zero-order valence-corrected chi connectivity index (χ0v) is 10.0. The molecule has 2 atom stereocenters. The lowest BCUT2D eigenvalue weighted by atomic mass is 9.90. The van der Waals surface area contributed by atoms with Crippen molar-refractivity contribution in [2.45, 2.75) is 25.4 Å². The molecule has 90 valence electrons. The van der Waals surface area contributed by atoms with Gasteiger partial charge in [0.1, 0.15) is 0 Å². The lowest BCUT2D eigenvalue weighted by Gasteiger charge is -2.19. The fraction of sp³-hybridized carbons (Fsp3) is 0.357. The Bertz CT molecular complexity index is 463. The molecule has 3 nitrogen and oxygen atoms in total. The minimum atomic E-state index is -0.792. The van der Waals surface area contributed by atoms with Gasteiger partial charge in [-0.3, -0.25) is 4.79 Å². The third-order valence-electron chi connectivity index (χ3n) is 3.25. The van der Waals surface area contributed by atoms with Crippen molar-refractivity contribution in [2.75, 3.05) is 7.11 Å². The third kappa shape index (κ3) is 2.39. The lowest BCUT2D eigenvalue weighted by Crippen LogP contribution is -2.15. The maximum Gasteiger partial charge on any atom is 0.310 e. The number of ether oxygens (including phenoxy) is 1. The van der Waals surface area contributed by atoms with Gasteiger partial charge in [0.05, 0.1) is 12.0 Å². The van der Waals surface area contributed by atoms with Crippen molar-refractivity contribution in [1.82, 2.24) is 0 Å². The maximum atomic E-state index is 10.9. The minimum absolute atomic E-state index is 0.130. The molecule has 1 aromatic rings. The monoisotopic (exact) mass is 232 g/mol. The highest BCUT2D eigenvalue weighted by Gasteiger charge is 2.17. The van der Waals surface area contributed by atoms with Crippen molar-refractivity contribution in [3.63, 3.8) is 0 Å². The highest BCUT2D eigenvalue weighted by molar-refractivity contribution is 5.76. The summed E-state index contributed by atoms with van der Waals surface area (Å²) in [5, 5.41) is 8.98. The Kier molecular flexibility index (Phi) is 3.29. The highest BCUT2D eigenvalue weighted by atomic mass is 16.5. The molecule has 0 saturated heterocycles. The maximum absolute atomic E-state index is 10.9. The van der Waals surface area contributed by atoms with E-state index in [-0.39, 0.29) is 6.10 Å². The molecule has 0 radical (unpaired) electrons. The van der Waals surface area contributed by atoms with E-state index < -0.39 is 11.9 Å². The SMILES string of the molecule is COC1C=Cc2cc([C@H](C)C(=O)O)ccc2C1. The Morgan fingerprint density at radius 1 is 1.53 bits per heavy atom. The summed E-state index contributed by atoms with van der Waals surface area (Å²) < 4.78 is 5.28. The first kappa shape index (κ1) is 11.9. The van der Waals surface area contributed by atoms with Gasteiger partial charge in [0.2, 0.25) is 0 Å². The number of rotatable bonds is 3. The van der Waals surface area contributed by atoms with Gasteiger partial charge in [0.15, 0.2) is 0 Å². The molecule has 0 aromatic heterocycles. The summed E-state index contributed by atoms with van der Waals surface area (Å²) in [6.07, 6.45) is 5.00. The molecule has 17 heavy (non-hydrogen) atoms. The summed E-state index contributed by atoms with van der Waals surface area (Å²) >= 11 is 0. The lowest BCUT2D eigenvalue weighted by molar-refractivity contribution is -0.138. The first-order valence-corrected chi connectivity index (χ1v) is 5.68. The van der Waals surface area contributed by atoms with E-state index in [0.29, 0.717) is 0 Å². The van der Waals surface area contributed by atoms with Gasteiger partial charge in [-0.1, -0.05) is 30.4 Å². The molecule has 0 heterocycles. The Morgan fingerprint density at radius 2 is 2.29 bits per heavy atom. The molecule has 1 N–H and O–H groups in total. The Morgan fingerprint density at radius 3 is 2.94 bits per heavy atom. The second-order valence-electron chi connectivity index (χ2n) is 4.36. The summed E-state index contributed by atoms with van der Waals surface area (Å²) in [5.74, 6) is -1.26. The van der Waals surface area contributed by atoms with Crippen LogP contribution in [0.3, 0.4) is 0 Å². The van der Waals surface area contributed by atoms with Crippen LogP contribution in [0.5, 0.6) is 0 Å². The Labute approximate surface area is 101 Å². The highest BCUT2D eigenvalue weighted by Crippen LogP contribution is 2.25. The number of fused-ring (bicyclic) bond motifs is 1. The molecule has 1 unspecified atom stereocenters. The van der Waals surface area contributed by atoms with Crippen LogP contribution in [0.1, 0.15) is 29.5 Å². The number of carboxylic acid groups (broad SMARTS) is 1. The van der Waals surface area contributed by atoms with Gasteiger partial charge in [-0.25, -0.2) is 0 Å². The van der Waals surface area contributed by atoms with Crippen LogP contribution >= 0.6 is 0 Å². The van der Waals surface area contributed by atoms with Crippen LogP contribution in [0.25, 0.3) is 6.08 Å². The minimum Gasteiger partial charge on any atom is -0.481 e. The standard InChI is InChI=1S/C14H16O3/c1-9(14(15)16)10-3-4-12-8-13(17-2)6-5-11(12)7-10/h3-7,9,13H,8H2,1-2H3,(H,15,16)/t9-,13?/m0/s1. The molecular formula is C14H16O3. The van der Waals surface area contributed by atoms with Gasteiger partial charge in [-0.15, -0.1) is 0 Å². The number of hydrogen-bond acceptors (Lipinski definition) is 2. The van der Waals surface area contributed by atoms with Crippen LogP contribution in [0.4, 0.5) is 0 Å². The molecule has 1 aliphatic carbocycles. The molecule has 3 heteroatoms. The zero-order chi connectivity index (χ0) is 12.4. The van der Waals surface area contributed by atoms with Crippen molar-refractivity contribution in [3.05, 3.63) is 41.0 Å². The van der Waals surface area contributed by atoms with E-state index in [9.17, 15) is 4.79 Å². The van der Waals surface area contributed by atoms with Gasteiger partial charge in [0, 0.05) is 13.5 Å². The predicted octanol–water partition coefficient (Wildman–Crippen LogP) is 2.46.